The van der Waals surface area contributed by atoms with Crippen molar-refractivity contribution in [1.29, 1.82) is 0 Å². The molecule has 0 fully saturated rings. The summed E-state index contributed by atoms with van der Waals surface area (Å²) < 4.78 is 4.76. The van der Waals surface area contributed by atoms with Crippen molar-refractivity contribution in [1.82, 2.24) is 4.90 Å². The Bertz CT molecular complexity index is 124. The average molecular weight is 160 g/mol. The van der Waals surface area contributed by atoms with Crippen LogP contribution in [0.15, 0.2) is 0 Å². The lowest BCUT2D eigenvalue weighted by atomic mass is 10.4. The Balaban J connectivity index is 3.78. The predicted molar refractivity (Wildman–Crippen MR) is 43.1 cm³/mol. The zero-order valence-corrected chi connectivity index (χ0v) is 7.33. The van der Waals surface area contributed by atoms with E-state index in [0.29, 0.717) is 0 Å². The van der Waals surface area contributed by atoms with Gasteiger partial charge in [-0.15, -0.1) is 0 Å². The highest BCUT2D eigenvalue weighted by Gasteiger charge is 2.11. The number of carbonyl (C=O) groups excluding carboxylic acids is 1. The lowest BCUT2D eigenvalue weighted by Gasteiger charge is -2.24. The van der Waals surface area contributed by atoms with Gasteiger partial charge in [0.25, 0.3) is 0 Å². The first kappa shape index (κ1) is 10.2. The number of primary amides is 1. The monoisotopic (exact) mass is 160 g/mol. The minimum absolute atomic E-state index is 0.220. The first-order valence-corrected chi connectivity index (χ1v) is 3.81. The predicted octanol–water partition coefficient (Wildman–Crippen LogP) is 0.770. The minimum atomic E-state index is -0.718. The van der Waals surface area contributed by atoms with Crippen LogP contribution in [-0.4, -0.2) is 30.3 Å². The van der Waals surface area contributed by atoms with Crippen molar-refractivity contribution in [2.24, 2.45) is 5.73 Å². The van der Waals surface area contributed by atoms with Crippen molar-refractivity contribution in [3.05, 3.63) is 0 Å². The summed E-state index contributed by atoms with van der Waals surface area (Å²) >= 11 is 0. The number of rotatable bonds is 4. The van der Waals surface area contributed by atoms with Crippen LogP contribution in [-0.2, 0) is 4.74 Å². The molecule has 0 radical (unpaired) electrons. The van der Waals surface area contributed by atoms with Crippen LogP contribution >= 0.6 is 0 Å². The summed E-state index contributed by atoms with van der Waals surface area (Å²) in [7, 11) is 0. The second-order valence-corrected chi connectivity index (χ2v) is 2.26. The van der Waals surface area contributed by atoms with Crippen molar-refractivity contribution in [2.75, 3.05) is 13.1 Å². The molecule has 4 heteroatoms. The van der Waals surface area contributed by atoms with E-state index in [2.05, 4.69) is 0 Å². The number of nitrogens with zero attached hydrogens (tertiary/aromatic N) is 1. The number of ether oxygens (including phenoxy) is 1. The molecule has 0 spiro atoms. The van der Waals surface area contributed by atoms with Gasteiger partial charge >= 0.3 is 6.09 Å². The number of amides is 1. The smallest absolute Gasteiger partial charge is 0.406 e. The Hall–Kier alpha value is -0.770. The molecule has 0 aromatic rings. The van der Waals surface area contributed by atoms with Crippen molar-refractivity contribution in [2.45, 2.75) is 27.0 Å². The summed E-state index contributed by atoms with van der Waals surface area (Å²) in [5, 5.41) is 0. The maximum Gasteiger partial charge on any atom is 0.406 e. The third kappa shape index (κ3) is 3.83. The second-order valence-electron chi connectivity index (χ2n) is 2.26. The maximum atomic E-state index is 10.3. The molecule has 0 saturated carbocycles. The molecule has 0 aromatic heterocycles. The summed E-state index contributed by atoms with van der Waals surface area (Å²) in [5.74, 6) is 0. The lowest BCUT2D eigenvalue weighted by molar-refractivity contribution is 0.00913. The van der Waals surface area contributed by atoms with E-state index in [-0.39, 0.29) is 6.23 Å². The quantitative estimate of drug-likeness (QED) is 0.618. The first-order chi connectivity index (χ1) is 5.11. The fraction of sp³-hybridized carbons (Fsp3) is 0.857. The Morgan fingerprint density at radius 2 is 2.00 bits per heavy atom. The molecular weight excluding hydrogens is 144 g/mol. The highest BCUT2D eigenvalue weighted by Crippen LogP contribution is 1.98. The molecule has 1 atom stereocenters. The molecule has 0 rings (SSSR count). The molecule has 1 unspecified atom stereocenters. The van der Waals surface area contributed by atoms with Crippen LogP contribution in [0.5, 0.6) is 0 Å². The molecule has 0 saturated heterocycles. The van der Waals surface area contributed by atoms with Gasteiger partial charge in [0.2, 0.25) is 0 Å². The fourth-order valence-corrected chi connectivity index (χ4v) is 0.980. The third-order valence-corrected chi connectivity index (χ3v) is 1.61. The van der Waals surface area contributed by atoms with Crippen molar-refractivity contribution in [3.63, 3.8) is 0 Å². The van der Waals surface area contributed by atoms with E-state index in [1.807, 2.05) is 18.7 Å². The summed E-state index contributed by atoms with van der Waals surface area (Å²) in [5.41, 5.74) is 4.85. The zero-order chi connectivity index (χ0) is 8.85. The summed E-state index contributed by atoms with van der Waals surface area (Å²) in [6.45, 7) is 7.52. The van der Waals surface area contributed by atoms with Gasteiger partial charge in [-0.25, -0.2) is 4.79 Å². The molecule has 2 N–H and O–H groups in total. The minimum Gasteiger partial charge on any atom is -0.431 e. The Kier molecular flexibility index (Phi) is 4.61. The van der Waals surface area contributed by atoms with E-state index in [9.17, 15) is 4.79 Å². The lowest BCUT2D eigenvalue weighted by Crippen LogP contribution is -2.37. The normalized spacial score (nSPS) is 13.1. The zero-order valence-electron chi connectivity index (χ0n) is 7.33. The van der Waals surface area contributed by atoms with Gasteiger partial charge in [-0.1, -0.05) is 13.8 Å². The van der Waals surface area contributed by atoms with Crippen molar-refractivity contribution in [3.8, 4) is 0 Å². The van der Waals surface area contributed by atoms with E-state index in [1.165, 1.54) is 0 Å². The molecule has 0 bridgehead atoms. The molecule has 1 amide bonds. The Labute approximate surface area is 67.3 Å². The van der Waals surface area contributed by atoms with Crippen molar-refractivity contribution >= 4 is 6.09 Å². The van der Waals surface area contributed by atoms with Gasteiger partial charge in [0.15, 0.2) is 6.23 Å². The van der Waals surface area contributed by atoms with E-state index >= 15 is 0 Å². The van der Waals surface area contributed by atoms with Gasteiger partial charge in [0.05, 0.1) is 0 Å². The molecule has 0 aliphatic heterocycles. The van der Waals surface area contributed by atoms with Gasteiger partial charge in [-0.3, -0.25) is 4.90 Å². The van der Waals surface area contributed by atoms with Gasteiger partial charge in [0, 0.05) is 0 Å². The average Bonchev–Trinajstić information content (AvgIpc) is 1.88. The fourth-order valence-electron chi connectivity index (χ4n) is 0.980. The number of hydrogen-bond acceptors (Lipinski definition) is 3. The van der Waals surface area contributed by atoms with Crippen molar-refractivity contribution < 1.29 is 9.53 Å². The van der Waals surface area contributed by atoms with Crippen LogP contribution in [0.3, 0.4) is 0 Å². The molecule has 0 aromatic carbocycles. The van der Waals surface area contributed by atoms with Crippen LogP contribution in [0.1, 0.15) is 20.8 Å². The van der Waals surface area contributed by atoms with Gasteiger partial charge in [-0.05, 0) is 20.0 Å². The molecule has 4 nitrogen and oxygen atoms in total. The maximum absolute atomic E-state index is 10.3. The Morgan fingerprint density at radius 1 is 1.55 bits per heavy atom. The van der Waals surface area contributed by atoms with Crippen LogP contribution < -0.4 is 5.73 Å². The Morgan fingerprint density at radius 3 is 2.27 bits per heavy atom. The second kappa shape index (κ2) is 4.96. The highest BCUT2D eigenvalue weighted by atomic mass is 16.6. The number of hydrogen-bond donors (Lipinski definition) is 1. The summed E-state index contributed by atoms with van der Waals surface area (Å²) in [4.78, 5) is 12.3. The van der Waals surface area contributed by atoms with Gasteiger partial charge in [-0.2, -0.15) is 0 Å². The van der Waals surface area contributed by atoms with Crippen LogP contribution in [0.4, 0.5) is 4.79 Å². The highest BCUT2D eigenvalue weighted by molar-refractivity contribution is 5.64. The molecule has 11 heavy (non-hydrogen) atoms. The SMILES string of the molecule is CCN(CC)C(C)OC(N)=O. The largest absolute Gasteiger partial charge is 0.431 e. The van der Waals surface area contributed by atoms with Gasteiger partial charge < -0.3 is 10.5 Å². The third-order valence-electron chi connectivity index (χ3n) is 1.61. The van der Waals surface area contributed by atoms with Crippen LogP contribution in [0.25, 0.3) is 0 Å². The van der Waals surface area contributed by atoms with Gasteiger partial charge in [0.1, 0.15) is 0 Å². The molecule has 66 valence electrons. The summed E-state index contributed by atoms with van der Waals surface area (Å²) in [6.07, 6.45) is -0.938. The molecular formula is C7H16N2O2. The van der Waals surface area contributed by atoms with E-state index in [0.717, 1.165) is 13.1 Å². The van der Waals surface area contributed by atoms with E-state index < -0.39 is 6.09 Å². The van der Waals surface area contributed by atoms with Crippen LogP contribution in [0, 0.1) is 0 Å². The molecule has 0 aliphatic carbocycles. The van der Waals surface area contributed by atoms with E-state index in [4.69, 9.17) is 10.5 Å². The topological polar surface area (TPSA) is 55.6 Å². The number of carbonyl (C=O) groups is 1. The van der Waals surface area contributed by atoms with Crippen LogP contribution in [0.2, 0.25) is 0 Å². The molecule has 0 heterocycles. The molecule has 0 aliphatic rings. The number of nitrogens with two attached hydrogens (primary N) is 1. The summed E-state index contributed by atoms with van der Waals surface area (Å²) in [6, 6.07) is 0. The van der Waals surface area contributed by atoms with E-state index in [1.54, 1.807) is 6.92 Å². The standard InChI is InChI=1S/C7H16N2O2/c1-4-9(5-2)6(3)11-7(8)10/h6H,4-5H2,1-3H3,(H2,8,10). The first-order valence-electron chi connectivity index (χ1n) is 3.81.